The van der Waals surface area contributed by atoms with Gasteiger partial charge in [0.15, 0.2) is 0 Å². The van der Waals surface area contributed by atoms with Crippen molar-refractivity contribution in [2.24, 2.45) is 0 Å². The summed E-state index contributed by atoms with van der Waals surface area (Å²) in [5, 5.41) is 20.2. The number of phenols is 2. The molecule has 0 aliphatic carbocycles. The summed E-state index contributed by atoms with van der Waals surface area (Å²) in [7, 11) is 0. The predicted molar refractivity (Wildman–Crippen MR) is 107 cm³/mol. The smallest absolute Gasteiger partial charge is 0.118 e. The first-order chi connectivity index (χ1) is 12.0. The molecule has 0 radical (unpaired) electrons. The van der Waals surface area contributed by atoms with E-state index in [0.29, 0.717) is 11.5 Å². The number of benzene rings is 2. The van der Waals surface area contributed by atoms with Gasteiger partial charge in [-0.3, -0.25) is 0 Å². The minimum Gasteiger partial charge on any atom is -0.508 e. The molecule has 3 heteroatoms. The van der Waals surface area contributed by atoms with Crippen LogP contribution >= 0.6 is 11.8 Å². The maximum absolute atomic E-state index is 10.1. The summed E-state index contributed by atoms with van der Waals surface area (Å²) in [6.07, 6.45) is 6.47. The zero-order valence-electron chi connectivity index (χ0n) is 15.9. The summed E-state index contributed by atoms with van der Waals surface area (Å²) in [6, 6.07) is 8.03. The summed E-state index contributed by atoms with van der Waals surface area (Å²) in [6.45, 7) is 8.27. The van der Waals surface area contributed by atoms with Crippen LogP contribution in [-0.4, -0.2) is 10.2 Å². The van der Waals surface area contributed by atoms with Crippen molar-refractivity contribution in [3.63, 3.8) is 0 Å². The van der Waals surface area contributed by atoms with Crippen molar-refractivity contribution in [1.82, 2.24) is 0 Å². The molecule has 2 nitrogen and oxygen atoms in total. The quantitative estimate of drug-likeness (QED) is 0.562. The number of unbranched alkanes of at least 4 members (excludes halogenated alkanes) is 2. The second-order valence-corrected chi connectivity index (χ2v) is 7.89. The van der Waals surface area contributed by atoms with Crippen LogP contribution in [0.2, 0.25) is 0 Å². The number of aryl methyl sites for hydroxylation is 4. The lowest BCUT2D eigenvalue weighted by Crippen LogP contribution is -1.94. The summed E-state index contributed by atoms with van der Waals surface area (Å²) in [5.41, 5.74) is 4.24. The second kappa shape index (κ2) is 9.19. The molecule has 0 aliphatic heterocycles. The lowest BCUT2D eigenvalue weighted by Gasteiger charge is -2.15. The Labute approximate surface area is 156 Å². The molecule has 0 aliphatic rings. The SMILES string of the molecule is CCCCc1cc(O)c(C)cc1Sc1cc(C)c(O)cc1CCCC. The van der Waals surface area contributed by atoms with Crippen LogP contribution < -0.4 is 0 Å². The van der Waals surface area contributed by atoms with E-state index in [1.165, 1.54) is 20.9 Å². The van der Waals surface area contributed by atoms with Crippen molar-refractivity contribution in [2.75, 3.05) is 0 Å². The van der Waals surface area contributed by atoms with E-state index in [2.05, 4.69) is 26.0 Å². The topological polar surface area (TPSA) is 40.5 Å². The first-order valence-corrected chi connectivity index (χ1v) is 10.1. The molecule has 25 heavy (non-hydrogen) atoms. The zero-order valence-corrected chi connectivity index (χ0v) is 16.7. The Morgan fingerprint density at radius 2 is 1.12 bits per heavy atom. The monoisotopic (exact) mass is 358 g/mol. The Morgan fingerprint density at radius 1 is 0.720 bits per heavy atom. The number of hydrogen-bond donors (Lipinski definition) is 2. The van der Waals surface area contributed by atoms with Crippen LogP contribution in [0.5, 0.6) is 11.5 Å². The van der Waals surface area contributed by atoms with Crippen molar-refractivity contribution in [1.29, 1.82) is 0 Å². The Hall–Kier alpha value is -1.61. The van der Waals surface area contributed by atoms with Crippen LogP contribution in [0.1, 0.15) is 61.8 Å². The maximum atomic E-state index is 10.1. The molecular weight excluding hydrogens is 328 g/mol. The normalized spacial score (nSPS) is 11.0. The standard InChI is InChI=1S/C22H30O2S/c1-5-7-9-17-13-19(23)15(3)11-21(17)25-22-12-16(4)20(24)14-18(22)10-8-6-2/h11-14,23-24H,5-10H2,1-4H3. The summed E-state index contributed by atoms with van der Waals surface area (Å²) >= 11 is 1.77. The van der Waals surface area contributed by atoms with Gasteiger partial charge in [-0.1, -0.05) is 38.5 Å². The Kier molecular flexibility index (Phi) is 7.24. The molecule has 0 heterocycles. The van der Waals surface area contributed by atoms with Gasteiger partial charge in [0.25, 0.3) is 0 Å². The van der Waals surface area contributed by atoms with Gasteiger partial charge in [0.05, 0.1) is 0 Å². The van der Waals surface area contributed by atoms with Crippen LogP contribution in [-0.2, 0) is 12.8 Å². The van der Waals surface area contributed by atoms with Gasteiger partial charge in [0.1, 0.15) is 11.5 Å². The minimum atomic E-state index is 0.378. The molecule has 2 aromatic carbocycles. The van der Waals surface area contributed by atoms with Crippen molar-refractivity contribution < 1.29 is 10.2 Å². The van der Waals surface area contributed by atoms with Gasteiger partial charge in [-0.05, 0) is 86.1 Å². The zero-order chi connectivity index (χ0) is 18.4. The molecule has 0 spiro atoms. The van der Waals surface area contributed by atoms with E-state index in [-0.39, 0.29) is 0 Å². The molecule has 0 aromatic heterocycles. The van der Waals surface area contributed by atoms with Crippen molar-refractivity contribution >= 4 is 11.8 Å². The molecule has 136 valence electrons. The van der Waals surface area contributed by atoms with Crippen LogP contribution in [0.15, 0.2) is 34.1 Å². The fourth-order valence-electron chi connectivity index (χ4n) is 2.86. The van der Waals surface area contributed by atoms with Crippen molar-refractivity contribution in [3.05, 3.63) is 46.5 Å². The molecule has 0 saturated heterocycles. The van der Waals surface area contributed by atoms with E-state index in [0.717, 1.165) is 49.7 Å². The Bertz CT molecular complexity index is 661. The Balaban J connectivity index is 2.40. The largest absolute Gasteiger partial charge is 0.508 e. The lowest BCUT2D eigenvalue weighted by molar-refractivity contribution is 0.469. The van der Waals surface area contributed by atoms with Crippen molar-refractivity contribution in [2.45, 2.75) is 76.0 Å². The molecule has 0 bridgehead atoms. The highest BCUT2D eigenvalue weighted by Gasteiger charge is 2.13. The van der Waals surface area contributed by atoms with E-state index < -0.39 is 0 Å². The molecule has 2 rings (SSSR count). The van der Waals surface area contributed by atoms with E-state index in [1.807, 2.05) is 26.0 Å². The molecule has 0 unspecified atom stereocenters. The molecule has 2 aromatic rings. The third kappa shape index (κ3) is 5.18. The summed E-state index contributed by atoms with van der Waals surface area (Å²) in [5.74, 6) is 0.757. The second-order valence-electron chi connectivity index (χ2n) is 6.80. The third-order valence-corrected chi connectivity index (χ3v) is 5.78. The van der Waals surface area contributed by atoms with Crippen LogP contribution in [0, 0.1) is 13.8 Å². The van der Waals surface area contributed by atoms with Gasteiger partial charge >= 0.3 is 0 Å². The molecule has 0 saturated carbocycles. The van der Waals surface area contributed by atoms with Gasteiger partial charge in [-0.25, -0.2) is 0 Å². The van der Waals surface area contributed by atoms with Crippen molar-refractivity contribution in [3.8, 4) is 11.5 Å². The van der Waals surface area contributed by atoms with Gasteiger partial charge in [-0.15, -0.1) is 0 Å². The highest BCUT2D eigenvalue weighted by molar-refractivity contribution is 7.99. The fourth-order valence-corrected chi connectivity index (χ4v) is 4.15. The molecular formula is C22H30O2S. The highest BCUT2D eigenvalue weighted by Crippen LogP contribution is 2.39. The molecule has 0 amide bonds. The average Bonchev–Trinajstić information content (AvgIpc) is 2.58. The predicted octanol–water partition coefficient (Wildman–Crippen LogP) is 6.55. The first-order valence-electron chi connectivity index (χ1n) is 9.29. The third-order valence-electron chi connectivity index (χ3n) is 4.58. The average molecular weight is 359 g/mol. The summed E-state index contributed by atoms with van der Waals surface area (Å²) in [4.78, 5) is 2.43. The molecule has 2 N–H and O–H groups in total. The summed E-state index contributed by atoms with van der Waals surface area (Å²) < 4.78 is 0. The Morgan fingerprint density at radius 3 is 1.48 bits per heavy atom. The minimum absolute atomic E-state index is 0.378. The highest BCUT2D eigenvalue weighted by atomic mass is 32.2. The van der Waals surface area contributed by atoms with Gasteiger partial charge < -0.3 is 10.2 Å². The van der Waals surface area contributed by atoms with Crippen LogP contribution in [0.25, 0.3) is 0 Å². The fraction of sp³-hybridized carbons (Fsp3) is 0.455. The number of phenolic OH excluding ortho intramolecular Hbond substituents is 2. The van der Waals surface area contributed by atoms with Crippen LogP contribution in [0.3, 0.4) is 0 Å². The molecule has 0 fully saturated rings. The van der Waals surface area contributed by atoms with Gasteiger partial charge in [0, 0.05) is 9.79 Å². The number of rotatable bonds is 8. The van der Waals surface area contributed by atoms with Gasteiger partial charge in [0.2, 0.25) is 0 Å². The van der Waals surface area contributed by atoms with E-state index in [4.69, 9.17) is 0 Å². The first kappa shape index (κ1) is 19.7. The number of hydrogen-bond acceptors (Lipinski definition) is 3. The molecule has 0 atom stereocenters. The van der Waals surface area contributed by atoms with E-state index >= 15 is 0 Å². The van der Waals surface area contributed by atoms with Gasteiger partial charge in [-0.2, -0.15) is 0 Å². The van der Waals surface area contributed by atoms with E-state index in [9.17, 15) is 10.2 Å². The maximum Gasteiger partial charge on any atom is 0.118 e. The number of aromatic hydroxyl groups is 2. The van der Waals surface area contributed by atoms with E-state index in [1.54, 1.807) is 11.8 Å². The van der Waals surface area contributed by atoms with Crippen LogP contribution in [0.4, 0.5) is 0 Å². The lowest BCUT2D eigenvalue weighted by atomic mass is 10.1.